The Hall–Kier alpha value is -2.35. The molecule has 0 saturated heterocycles. The lowest BCUT2D eigenvalue weighted by molar-refractivity contribution is -0.120. The first-order chi connectivity index (χ1) is 13.4. The molecule has 1 heterocycles. The van der Waals surface area contributed by atoms with Crippen LogP contribution in [0.1, 0.15) is 38.2 Å². The Balaban J connectivity index is 1.71. The fourth-order valence-corrected chi connectivity index (χ4v) is 4.35. The summed E-state index contributed by atoms with van der Waals surface area (Å²) in [5.74, 6) is 0.819. The molecule has 1 aliphatic carbocycles. The number of benzene rings is 1. The number of nitrogens with two attached hydrogens (primary N) is 1. The maximum absolute atomic E-state index is 12.4. The number of aromatic nitrogens is 3. The van der Waals surface area contributed by atoms with Crippen LogP contribution < -0.4 is 11.1 Å². The second kappa shape index (κ2) is 9.23. The van der Waals surface area contributed by atoms with Crippen LogP contribution in [0.3, 0.4) is 0 Å². The fraction of sp³-hybridized carbons (Fsp3) is 0.500. The second-order valence-electron chi connectivity index (χ2n) is 7.45. The highest BCUT2D eigenvalue weighted by atomic mass is 32.2. The zero-order valence-corrected chi connectivity index (χ0v) is 17.2. The molecule has 1 aromatic heterocycles. The van der Waals surface area contributed by atoms with Gasteiger partial charge in [0, 0.05) is 11.6 Å². The van der Waals surface area contributed by atoms with Gasteiger partial charge in [0.25, 0.3) is 0 Å². The van der Waals surface area contributed by atoms with Crippen molar-refractivity contribution in [1.29, 1.82) is 0 Å². The first-order valence-corrected chi connectivity index (χ1v) is 10.6. The number of thioether (sulfide) groups is 1. The summed E-state index contributed by atoms with van der Waals surface area (Å²) in [4.78, 5) is 24.0. The maximum atomic E-state index is 12.4. The molecule has 0 spiro atoms. The van der Waals surface area contributed by atoms with Crippen LogP contribution >= 0.6 is 11.8 Å². The van der Waals surface area contributed by atoms with E-state index in [1.807, 2.05) is 31.2 Å². The molecular weight excluding hydrogens is 374 g/mol. The Kier molecular flexibility index (Phi) is 6.72. The summed E-state index contributed by atoms with van der Waals surface area (Å²) in [5.41, 5.74) is 7.37. The van der Waals surface area contributed by atoms with E-state index in [4.69, 9.17) is 5.73 Å². The van der Waals surface area contributed by atoms with Crippen LogP contribution in [0.5, 0.6) is 0 Å². The molecule has 1 aliphatic rings. The zero-order chi connectivity index (χ0) is 20.1. The van der Waals surface area contributed by atoms with Gasteiger partial charge >= 0.3 is 0 Å². The van der Waals surface area contributed by atoms with Crippen LogP contribution in [-0.2, 0) is 16.1 Å². The van der Waals surface area contributed by atoms with E-state index in [-0.39, 0.29) is 24.2 Å². The summed E-state index contributed by atoms with van der Waals surface area (Å²) in [7, 11) is 0. The lowest BCUT2D eigenvalue weighted by Gasteiger charge is -2.29. The minimum Gasteiger partial charge on any atom is -0.368 e. The maximum Gasteiger partial charge on any atom is 0.237 e. The smallest absolute Gasteiger partial charge is 0.237 e. The molecule has 7 nitrogen and oxygen atoms in total. The number of rotatable bonds is 7. The molecule has 0 radical (unpaired) electrons. The molecule has 2 atom stereocenters. The van der Waals surface area contributed by atoms with Crippen LogP contribution in [0, 0.1) is 12.8 Å². The quantitative estimate of drug-likeness (QED) is 0.694. The molecule has 3 N–H and O–H groups in total. The molecule has 8 heteroatoms. The minimum absolute atomic E-state index is 0.0190. The third-order valence-corrected chi connectivity index (χ3v) is 6.06. The Morgan fingerprint density at radius 1 is 1.29 bits per heavy atom. The summed E-state index contributed by atoms with van der Waals surface area (Å²) in [6, 6.07) is 8.06. The summed E-state index contributed by atoms with van der Waals surface area (Å²) in [6.45, 7) is 4.15. The van der Waals surface area contributed by atoms with Gasteiger partial charge in [-0.15, -0.1) is 10.2 Å². The molecule has 1 aromatic carbocycles. The van der Waals surface area contributed by atoms with Crippen molar-refractivity contribution in [3.05, 3.63) is 29.8 Å². The normalized spacial score (nSPS) is 19.4. The third kappa shape index (κ3) is 5.13. The predicted octanol–water partition coefficient (Wildman–Crippen LogP) is 2.53. The lowest BCUT2D eigenvalue weighted by Crippen LogP contribution is -2.41. The van der Waals surface area contributed by atoms with Gasteiger partial charge in [-0.05, 0) is 31.7 Å². The molecule has 1 saturated carbocycles. The van der Waals surface area contributed by atoms with Gasteiger partial charge in [-0.2, -0.15) is 0 Å². The van der Waals surface area contributed by atoms with E-state index in [1.54, 1.807) is 4.57 Å². The van der Waals surface area contributed by atoms with E-state index in [1.165, 1.54) is 18.2 Å². The number of aryl methyl sites for hydroxylation is 1. The van der Waals surface area contributed by atoms with E-state index < -0.39 is 5.91 Å². The van der Waals surface area contributed by atoms with Crippen LogP contribution in [0.15, 0.2) is 29.4 Å². The van der Waals surface area contributed by atoms with Crippen LogP contribution in [0.2, 0.25) is 0 Å². The number of nitrogens with one attached hydrogen (secondary N) is 1. The van der Waals surface area contributed by atoms with E-state index in [0.717, 1.165) is 30.4 Å². The number of carbonyl (C=O) groups excluding carboxylic acids is 2. The van der Waals surface area contributed by atoms with Crippen molar-refractivity contribution in [2.75, 3.05) is 5.75 Å². The summed E-state index contributed by atoms with van der Waals surface area (Å²) < 4.78 is 1.68. The van der Waals surface area contributed by atoms with Crippen LogP contribution in [-0.4, -0.2) is 38.4 Å². The molecule has 28 heavy (non-hydrogen) atoms. The number of primary amides is 1. The molecule has 3 rings (SSSR count). The highest BCUT2D eigenvalue weighted by Gasteiger charge is 2.23. The Morgan fingerprint density at radius 3 is 2.79 bits per heavy atom. The molecule has 150 valence electrons. The molecule has 0 aliphatic heterocycles. The van der Waals surface area contributed by atoms with E-state index in [0.29, 0.717) is 16.9 Å². The molecule has 2 aromatic rings. The summed E-state index contributed by atoms with van der Waals surface area (Å²) in [5, 5.41) is 12.1. The highest BCUT2D eigenvalue weighted by Crippen LogP contribution is 2.26. The van der Waals surface area contributed by atoms with Crippen molar-refractivity contribution in [1.82, 2.24) is 20.1 Å². The van der Waals surface area contributed by atoms with E-state index in [2.05, 4.69) is 22.4 Å². The summed E-state index contributed by atoms with van der Waals surface area (Å²) >= 11 is 1.28. The zero-order valence-electron chi connectivity index (χ0n) is 16.4. The Bertz CT molecular complexity index is 851. The lowest BCUT2D eigenvalue weighted by atomic mass is 9.86. The predicted molar refractivity (Wildman–Crippen MR) is 110 cm³/mol. The van der Waals surface area contributed by atoms with Crippen molar-refractivity contribution < 1.29 is 9.59 Å². The number of nitrogens with zero attached hydrogens (tertiary/aromatic N) is 3. The fourth-order valence-electron chi connectivity index (χ4n) is 3.60. The van der Waals surface area contributed by atoms with Gasteiger partial charge in [0.15, 0.2) is 11.0 Å². The Morgan fingerprint density at radius 2 is 2.07 bits per heavy atom. The van der Waals surface area contributed by atoms with Gasteiger partial charge in [-0.3, -0.25) is 14.2 Å². The number of carbonyl (C=O) groups is 2. The molecule has 2 amide bonds. The third-order valence-electron chi connectivity index (χ3n) is 5.10. The minimum atomic E-state index is -0.476. The van der Waals surface area contributed by atoms with Crippen LogP contribution in [0.25, 0.3) is 11.4 Å². The molecule has 0 unspecified atom stereocenters. The average Bonchev–Trinajstić information content (AvgIpc) is 3.04. The standard InChI is InChI=1S/C20H27N5O2S/c1-13-6-5-8-15(10-13)19-23-24-20(25(19)11-17(21)26)28-12-18(27)22-16-9-4-3-7-14(16)2/h5-6,8,10,14,16H,3-4,7,9,11-12H2,1-2H3,(H2,21,26)(H,22,27)/t14-,16+/m1/s1. The van der Waals surface area contributed by atoms with Crippen molar-refractivity contribution in [2.45, 2.75) is 57.3 Å². The average molecular weight is 402 g/mol. The first-order valence-electron chi connectivity index (χ1n) is 9.64. The monoisotopic (exact) mass is 401 g/mol. The SMILES string of the molecule is Cc1cccc(-c2nnc(SCC(=O)N[C@H]3CCCC[C@H]3C)n2CC(N)=O)c1. The first kappa shape index (κ1) is 20.4. The Labute approximate surface area is 169 Å². The molecule has 1 fully saturated rings. The number of hydrogen-bond acceptors (Lipinski definition) is 5. The highest BCUT2D eigenvalue weighted by molar-refractivity contribution is 7.99. The number of amides is 2. The van der Waals surface area contributed by atoms with E-state index >= 15 is 0 Å². The van der Waals surface area contributed by atoms with Crippen molar-refractivity contribution >= 4 is 23.6 Å². The molecular formula is C20H27N5O2S. The van der Waals surface area contributed by atoms with Gasteiger partial charge < -0.3 is 11.1 Å². The van der Waals surface area contributed by atoms with Gasteiger partial charge in [0.2, 0.25) is 11.8 Å². The van der Waals surface area contributed by atoms with Gasteiger partial charge in [-0.1, -0.05) is 55.3 Å². The van der Waals surface area contributed by atoms with E-state index in [9.17, 15) is 9.59 Å². The van der Waals surface area contributed by atoms with Crippen molar-refractivity contribution in [3.8, 4) is 11.4 Å². The van der Waals surface area contributed by atoms with Crippen LogP contribution in [0.4, 0.5) is 0 Å². The summed E-state index contributed by atoms with van der Waals surface area (Å²) in [6.07, 6.45) is 4.59. The largest absolute Gasteiger partial charge is 0.368 e. The second-order valence-corrected chi connectivity index (χ2v) is 8.40. The number of hydrogen-bond donors (Lipinski definition) is 2. The molecule has 0 bridgehead atoms. The topological polar surface area (TPSA) is 103 Å². The van der Waals surface area contributed by atoms with Crippen molar-refractivity contribution in [3.63, 3.8) is 0 Å². The van der Waals surface area contributed by atoms with Crippen molar-refractivity contribution in [2.24, 2.45) is 11.7 Å². The van der Waals surface area contributed by atoms with Gasteiger partial charge in [-0.25, -0.2) is 0 Å². The van der Waals surface area contributed by atoms with Gasteiger partial charge in [0.05, 0.1) is 5.75 Å². The van der Waals surface area contributed by atoms with Gasteiger partial charge in [0.1, 0.15) is 6.54 Å².